The van der Waals surface area contributed by atoms with Crippen LogP contribution < -0.4 is 0 Å². The summed E-state index contributed by atoms with van der Waals surface area (Å²) in [5.74, 6) is -9.12. The van der Waals surface area contributed by atoms with Crippen molar-refractivity contribution in [1.29, 1.82) is 5.26 Å². The summed E-state index contributed by atoms with van der Waals surface area (Å²) in [5.41, 5.74) is -1.51. The fourth-order valence-corrected chi connectivity index (χ4v) is 1.30. The number of aliphatic carboxylic acids is 2. The molecular formula is C10H5F2NO4. The lowest BCUT2D eigenvalue weighted by molar-refractivity contribution is -0.150. The number of hydrogen-bond acceptors (Lipinski definition) is 3. The van der Waals surface area contributed by atoms with Gasteiger partial charge in [0.1, 0.15) is 0 Å². The van der Waals surface area contributed by atoms with Crippen LogP contribution in [0, 0.1) is 23.0 Å². The predicted octanol–water partition coefficient (Wildman–Crippen LogP) is 1.09. The van der Waals surface area contributed by atoms with E-state index in [2.05, 4.69) is 0 Å². The second-order valence-electron chi connectivity index (χ2n) is 3.04. The van der Waals surface area contributed by atoms with Crippen LogP contribution in [0.25, 0.3) is 0 Å². The molecule has 0 radical (unpaired) electrons. The van der Waals surface area contributed by atoms with Gasteiger partial charge in [-0.3, -0.25) is 9.59 Å². The van der Waals surface area contributed by atoms with E-state index in [4.69, 9.17) is 15.5 Å². The third kappa shape index (κ3) is 2.20. The minimum Gasteiger partial charge on any atom is -0.480 e. The fraction of sp³-hybridized carbons (Fsp3) is 0.100. The van der Waals surface area contributed by atoms with Gasteiger partial charge >= 0.3 is 11.9 Å². The molecule has 0 spiro atoms. The van der Waals surface area contributed by atoms with Crippen LogP contribution in [0.2, 0.25) is 0 Å². The smallest absolute Gasteiger partial charge is 0.322 e. The van der Waals surface area contributed by atoms with E-state index in [1.54, 1.807) is 0 Å². The van der Waals surface area contributed by atoms with Gasteiger partial charge in [0.25, 0.3) is 0 Å². The lowest BCUT2D eigenvalue weighted by Crippen LogP contribution is -2.23. The van der Waals surface area contributed by atoms with Gasteiger partial charge in [-0.15, -0.1) is 0 Å². The molecule has 0 saturated heterocycles. The molecule has 0 unspecified atom stereocenters. The van der Waals surface area contributed by atoms with Crippen molar-refractivity contribution in [2.24, 2.45) is 0 Å². The first-order chi connectivity index (χ1) is 7.90. The Bertz CT molecular complexity index is 522. The molecule has 0 aliphatic heterocycles. The fourth-order valence-electron chi connectivity index (χ4n) is 1.30. The normalized spacial score (nSPS) is 10.0. The van der Waals surface area contributed by atoms with E-state index in [0.717, 1.165) is 6.07 Å². The highest BCUT2D eigenvalue weighted by Crippen LogP contribution is 2.25. The molecule has 1 aromatic carbocycles. The summed E-state index contributed by atoms with van der Waals surface area (Å²) in [6.45, 7) is 0. The molecule has 0 atom stereocenters. The molecule has 0 aliphatic carbocycles. The van der Waals surface area contributed by atoms with Crippen LogP contribution in [-0.4, -0.2) is 22.2 Å². The SMILES string of the molecule is N#Cc1ccc(F)c(F)c1C(C(=O)O)C(=O)O. The third-order valence-corrected chi connectivity index (χ3v) is 2.04. The average Bonchev–Trinajstić information content (AvgIpc) is 2.24. The molecule has 0 amide bonds. The summed E-state index contributed by atoms with van der Waals surface area (Å²) in [4.78, 5) is 21.4. The highest BCUT2D eigenvalue weighted by Gasteiger charge is 2.34. The number of benzene rings is 1. The van der Waals surface area contributed by atoms with Gasteiger partial charge in [-0.25, -0.2) is 8.78 Å². The second kappa shape index (κ2) is 4.57. The van der Waals surface area contributed by atoms with Crippen molar-refractivity contribution in [2.45, 2.75) is 5.92 Å². The number of carbonyl (C=O) groups is 2. The molecule has 2 N–H and O–H groups in total. The van der Waals surface area contributed by atoms with E-state index in [0.29, 0.717) is 6.07 Å². The Balaban J connectivity index is 3.58. The van der Waals surface area contributed by atoms with E-state index in [1.165, 1.54) is 6.07 Å². The summed E-state index contributed by atoms with van der Waals surface area (Å²) in [6.07, 6.45) is 0. The van der Waals surface area contributed by atoms with Crippen molar-refractivity contribution in [2.75, 3.05) is 0 Å². The molecule has 0 aliphatic rings. The molecule has 0 saturated carbocycles. The van der Waals surface area contributed by atoms with Crippen LogP contribution in [0.1, 0.15) is 17.0 Å². The first-order valence-corrected chi connectivity index (χ1v) is 4.23. The lowest BCUT2D eigenvalue weighted by Gasteiger charge is -2.10. The number of halogens is 2. The van der Waals surface area contributed by atoms with E-state index >= 15 is 0 Å². The molecule has 17 heavy (non-hydrogen) atoms. The minimum atomic E-state index is -2.32. The van der Waals surface area contributed by atoms with Gasteiger partial charge in [0.2, 0.25) is 0 Å². The van der Waals surface area contributed by atoms with Crippen molar-refractivity contribution >= 4 is 11.9 Å². The monoisotopic (exact) mass is 241 g/mol. The topological polar surface area (TPSA) is 98.4 Å². The van der Waals surface area contributed by atoms with Crippen molar-refractivity contribution < 1.29 is 28.6 Å². The van der Waals surface area contributed by atoms with Gasteiger partial charge in [-0.05, 0) is 12.1 Å². The quantitative estimate of drug-likeness (QED) is 0.771. The van der Waals surface area contributed by atoms with E-state index in [1.807, 2.05) is 0 Å². The third-order valence-electron chi connectivity index (χ3n) is 2.04. The second-order valence-corrected chi connectivity index (χ2v) is 3.04. The Morgan fingerprint density at radius 2 is 1.76 bits per heavy atom. The molecule has 0 aromatic heterocycles. The number of hydrogen-bond donors (Lipinski definition) is 2. The van der Waals surface area contributed by atoms with Gasteiger partial charge in [-0.2, -0.15) is 5.26 Å². The highest BCUT2D eigenvalue weighted by molar-refractivity contribution is 5.99. The number of nitrogens with zero attached hydrogens (tertiary/aromatic N) is 1. The van der Waals surface area contributed by atoms with Crippen LogP contribution in [-0.2, 0) is 9.59 Å². The van der Waals surface area contributed by atoms with E-state index in [-0.39, 0.29) is 0 Å². The minimum absolute atomic E-state index is 0.529. The Morgan fingerprint density at radius 3 is 2.18 bits per heavy atom. The molecule has 1 rings (SSSR count). The zero-order chi connectivity index (χ0) is 13.2. The van der Waals surface area contributed by atoms with Crippen molar-refractivity contribution in [3.8, 4) is 6.07 Å². The Hall–Kier alpha value is -2.49. The highest BCUT2D eigenvalue weighted by atomic mass is 19.2. The number of rotatable bonds is 3. The maximum atomic E-state index is 13.4. The molecule has 0 heterocycles. The van der Waals surface area contributed by atoms with Crippen molar-refractivity contribution in [3.63, 3.8) is 0 Å². The van der Waals surface area contributed by atoms with Gasteiger partial charge in [0.05, 0.1) is 11.6 Å². The van der Waals surface area contributed by atoms with Crippen LogP contribution in [0.15, 0.2) is 12.1 Å². The van der Waals surface area contributed by atoms with Crippen molar-refractivity contribution in [1.82, 2.24) is 0 Å². The maximum Gasteiger partial charge on any atom is 0.322 e. The van der Waals surface area contributed by atoms with Crippen molar-refractivity contribution in [3.05, 3.63) is 34.9 Å². The van der Waals surface area contributed by atoms with Crippen LogP contribution in [0.4, 0.5) is 8.78 Å². The molecule has 0 bridgehead atoms. The first-order valence-electron chi connectivity index (χ1n) is 4.23. The molecule has 7 heteroatoms. The lowest BCUT2D eigenvalue weighted by atomic mass is 9.94. The number of nitriles is 1. The summed E-state index contributed by atoms with van der Waals surface area (Å²) in [7, 11) is 0. The van der Waals surface area contributed by atoms with Crippen LogP contribution >= 0.6 is 0 Å². The molecule has 0 fully saturated rings. The van der Waals surface area contributed by atoms with Gasteiger partial charge in [-0.1, -0.05) is 0 Å². The first kappa shape index (κ1) is 12.6. The molecule has 1 aromatic rings. The Morgan fingerprint density at radius 1 is 1.24 bits per heavy atom. The predicted molar refractivity (Wildman–Crippen MR) is 49.1 cm³/mol. The van der Waals surface area contributed by atoms with Crippen LogP contribution in [0.5, 0.6) is 0 Å². The zero-order valence-electron chi connectivity index (χ0n) is 8.15. The maximum absolute atomic E-state index is 13.4. The summed E-state index contributed by atoms with van der Waals surface area (Å²) in [5, 5.41) is 25.9. The molecular weight excluding hydrogens is 236 g/mol. The summed E-state index contributed by atoms with van der Waals surface area (Å²) < 4.78 is 26.3. The van der Waals surface area contributed by atoms with Gasteiger partial charge in [0.15, 0.2) is 17.6 Å². The largest absolute Gasteiger partial charge is 0.480 e. The van der Waals surface area contributed by atoms with E-state index in [9.17, 15) is 18.4 Å². The Labute approximate surface area is 93.5 Å². The standard InChI is InChI=1S/C10H5F2NO4/c11-5-2-1-4(3-13)6(8(5)12)7(9(14)15)10(16)17/h1-2,7H,(H,14,15)(H,16,17). The molecule has 88 valence electrons. The zero-order valence-corrected chi connectivity index (χ0v) is 8.15. The Kier molecular flexibility index (Phi) is 3.38. The van der Waals surface area contributed by atoms with E-state index < -0.39 is 40.6 Å². The van der Waals surface area contributed by atoms with Crippen LogP contribution in [0.3, 0.4) is 0 Å². The average molecular weight is 241 g/mol. The van der Waals surface area contributed by atoms with Gasteiger partial charge in [0, 0.05) is 5.56 Å². The van der Waals surface area contributed by atoms with Gasteiger partial charge < -0.3 is 10.2 Å². The number of carboxylic acids is 2. The summed E-state index contributed by atoms with van der Waals surface area (Å²) >= 11 is 0. The summed E-state index contributed by atoms with van der Waals surface area (Å²) in [6, 6.07) is 2.87. The molecule has 5 nitrogen and oxygen atoms in total. The number of carboxylic acid groups (broad SMARTS) is 2.